The zero-order chi connectivity index (χ0) is 13.4. The van der Waals surface area contributed by atoms with Gasteiger partial charge in [-0.2, -0.15) is 5.26 Å². The number of nitrogens with two attached hydrogens (primary N) is 1. The Morgan fingerprint density at radius 3 is 2.89 bits per heavy atom. The van der Waals surface area contributed by atoms with Gasteiger partial charge in [-0.05, 0) is 24.5 Å². The summed E-state index contributed by atoms with van der Waals surface area (Å²) in [5, 5.41) is 9.51. The zero-order valence-electron chi connectivity index (χ0n) is 10.2. The summed E-state index contributed by atoms with van der Waals surface area (Å²) in [6, 6.07) is 5.89. The van der Waals surface area contributed by atoms with Crippen LogP contribution in [0.25, 0.3) is 0 Å². The van der Waals surface area contributed by atoms with Gasteiger partial charge in [0.2, 0.25) is 0 Å². The fourth-order valence-corrected chi connectivity index (χ4v) is 3.73. The van der Waals surface area contributed by atoms with Crippen LogP contribution in [0.5, 0.6) is 0 Å². The van der Waals surface area contributed by atoms with Crippen LogP contribution in [0.2, 0.25) is 0 Å². The van der Waals surface area contributed by atoms with E-state index in [1.54, 1.807) is 12.4 Å². The monoisotopic (exact) mass is 271 g/mol. The van der Waals surface area contributed by atoms with Crippen LogP contribution in [0.15, 0.2) is 35.1 Å². The molecule has 1 aromatic heterocycles. The van der Waals surface area contributed by atoms with Crippen molar-refractivity contribution >= 4 is 17.5 Å². The number of hydrogen-bond donors (Lipinski definition) is 1. The molecule has 0 spiro atoms. The van der Waals surface area contributed by atoms with Crippen LogP contribution >= 0.6 is 11.8 Å². The van der Waals surface area contributed by atoms with Crippen LogP contribution in [0.1, 0.15) is 24.3 Å². The molecule has 0 bridgehead atoms. The molecule has 2 heterocycles. The fraction of sp³-hybridized carbons (Fsp3) is 0.357. The van der Waals surface area contributed by atoms with E-state index < -0.39 is 0 Å². The lowest BCUT2D eigenvalue weighted by Gasteiger charge is -2.18. The van der Waals surface area contributed by atoms with Crippen molar-refractivity contribution in [2.75, 3.05) is 0 Å². The molecule has 4 nitrogen and oxygen atoms in total. The highest BCUT2D eigenvalue weighted by molar-refractivity contribution is 8.04. The molecule has 19 heavy (non-hydrogen) atoms. The van der Waals surface area contributed by atoms with Crippen LogP contribution in [-0.2, 0) is 4.79 Å². The molecule has 5 heteroatoms. The Kier molecular flexibility index (Phi) is 3.03. The molecule has 0 unspecified atom stereocenters. The average Bonchev–Trinajstić information content (AvgIpc) is 3.22. The predicted octanol–water partition coefficient (Wildman–Crippen LogP) is 1.95. The Hall–Kier alpha value is -1.80. The fourth-order valence-electron chi connectivity index (χ4n) is 2.42. The van der Waals surface area contributed by atoms with Gasteiger partial charge in [-0.3, -0.25) is 9.78 Å². The average molecular weight is 271 g/mol. The van der Waals surface area contributed by atoms with Crippen molar-refractivity contribution in [3.63, 3.8) is 0 Å². The van der Waals surface area contributed by atoms with Crippen LogP contribution in [0, 0.1) is 17.2 Å². The highest BCUT2D eigenvalue weighted by atomic mass is 32.2. The predicted molar refractivity (Wildman–Crippen MR) is 72.9 cm³/mol. The maximum Gasteiger partial charge on any atom is 0.150 e. The second-order valence-electron chi connectivity index (χ2n) is 4.87. The van der Waals surface area contributed by atoms with Gasteiger partial charge in [0.05, 0.1) is 21.9 Å². The quantitative estimate of drug-likeness (QED) is 0.909. The van der Waals surface area contributed by atoms with E-state index >= 15 is 0 Å². The number of pyridine rings is 1. The highest BCUT2D eigenvalue weighted by Gasteiger charge is 2.45. The lowest BCUT2D eigenvalue weighted by atomic mass is 9.87. The number of rotatable bonds is 3. The smallest absolute Gasteiger partial charge is 0.150 e. The number of allylic oxidation sites excluding steroid dienone is 1. The Labute approximate surface area is 115 Å². The summed E-state index contributed by atoms with van der Waals surface area (Å²) in [6.45, 7) is 0. The van der Waals surface area contributed by atoms with Crippen LogP contribution in [-0.4, -0.2) is 16.0 Å². The molecule has 1 saturated carbocycles. The molecule has 1 aromatic rings. The molecular formula is C14H13N3OS. The van der Waals surface area contributed by atoms with Crippen LogP contribution in [0.3, 0.4) is 0 Å². The number of nitriles is 1. The molecule has 0 amide bonds. The van der Waals surface area contributed by atoms with E-state index in [1.807, 2.05) is 12.1 Å². The molecule has 2 aliphatic rings. The summed E-state index contributed by atoms with van der Waals surface area (Å²) in [6.07, 6.45) is 5.34. The molecule has 1 aliphatic carbocycles. The summed E-state index contributed by atoms with van der Waals surface area (Å²) < 4.78 is 0. The molecule has 1 fully saturated rings. The first-order valence-electron chi connectivity index (χ1n) is 6.22. The van der Waals surface area contributed by atoms with Gasteiger partial charge in [0, 0.05) is 24.2 Å². The van der Waals surface area contributed by atoms with Crippen molar-refractivity contribution in [2.45, 2.75) is 24.0 Å². The van der Waals surface area contributed by atoms with Crippen LogP contribution < -0.4 is 5.73 Å². The summed E-state index contributed by atoms with van der Waals surface area (Å²) in [4.78, 5) is 16.4. The molecular weight excluding hydrogens is 258 g/mol. The molecule has 2 atom stereocenters. The van der Waals surface area contributed by atoms with Gasteiger partial charge in [-0.15, -0.1) is 0 Å². The van der Waals surface area contributed by atoms with Gasteiger partial charge in [0.1, 0.15) is 5.78 Å². The van der Waals surface area contributed by atoms with E-state index in [9.17, 15) is 10.1 Å². The van der Waals surface area contributed by atoms with Crippen molar-refractivity contribution in [3.05, 3.63) is 40.7 Å². The SMILES string of the molecule is N#CC1=C(N)S[C@@H](C(=O)C2CC2)[C@H]1c1cccnc1. The van der Waals surface area contributed by atoms with Crippen molar-refractivity contribution in [2.24, 2.45) is 11.7 Å². The van der Waals surface area contributed by atoms with Gasteiger partial charge in [0.15, 0.2) is 0 Å². The Bertz CT molecular complexity index is 586. The maximum atomic E-state index is 12.4. The van der Waals surface area contributed by atoms with Crippen LogP contribution in [0.4, 0.5) is 0 Å². The van der Waals surface area contributed by atoms with Crippen molar-refractivity contribution in [1.82, 2.24) is 4.98 Å². The third-order valence-electron chi connectivity index (χ3n) is 3.56. The van der Waals surface area contributed by atoms with Gasteiger partial charge in [-0.25, -0.2) is 0 Å². The van der Waals surface area contributed by atoms with E-state index in [1.165, 1.54) is 11.8 Å². The Morgan fingerprint density at radius 2 is 2.32 bits per heavy atom. The second-order valence-corrected chi connectivity index (χ2v) is 6.05. The molecule has 2 N–H and O–H groups in total. The summed E-state index contributed by atoms with van der Waals surface area (Å²) in [5.74, 6) is 0.159. The van der Waals surface area contributed by atoms with E-state index in [0.29, 0.717) is 10.6 Å². The molecule has 0 saturated heterocycles. The number of nitrogens with zero attached hydrogens (tertiary/aromatic N) is 2. The van der Waals surface area contributed by atoms with Gasteiger partial charge in [-0.1, -0.05) is 17.8 Å². The number of carbonyl (C=O) groups excluding carboxylic acids is 1. The van der Waals surface area contributed by atoms with Gasteiger partial charge >= 0.3 is 0 Å². The summed E-state index contributed by atoms with van der Waals surface area (Å²) >= 11 is 1.34. The van der Waals surface area contributed by atoms with Crippen molar-refractivity contribution in [3.8, 4) is 6.07 Å². The number of thioether (sulfide) groups is 1. The first kappa shape index (κ1) is 12.2. The summed E-state index contributed by atoms with van der Waals surface area (Å²) in [7, 11) is 0. The number of aromatic nitrogens is 1. The first-order valence-corrected chi connectivity index (χ1v) is 7.10. The number of Topliss-reactive ketones (excluding diaryl/α,β-unsaturated/α-hetero) is 1. The normalized spacial score (nSPS) is 26.3. The summed E-state index contributed by atoms with van der Waals surface area (Å²) in [5.41, 5.74) is 7.32. The number of carbonyl (C=O) groups is 1. The van der Waals surface area contributed by atoms with E-state index in [4.69, 9.17) is 5.73 Å². The van der Waals surface area contributed by atoms with E-state index in [-0.39, 0.29) is 22.9 Å². The minimum atomic E-state index is -0.258. The zero-order valence-corrected chi connectivity index (χ0v) is 11.1. The third-order valence-corrected chi connectivity index (χ3v) is 4.79. The largest absolute Gasteiger partial charge is 0.393 e. The van der Waals surface area contributed by atoms with Gasteiger partial charge < -0.3 is 5.73 Å². The first-order chi connectivity index (χ1) is 9.22. The van der Waals surface area contributed by atoms with Crippen molar-refractivity contribution < 1.29 is 4.79 Å². The third kappa shape index (κ3) is 2.13. The van der Waals surface area contributed by atoms with Gasteiger partial charge in [0.25, 0.3) is 0 Å². The molecule has 1 aliphatic heterocycles. The minimum absolute atomic E-state index is 0.169. The lowest BCUT2D eigenvalue weighted by molar-refractivity contribution is -0.119. The molecule has 96 valence electrons. The van der Waals surface area contributed by atoms with E-state index in [2.05, 4.69) is 11.1 Å². The number of hydrogen-bond acceptors (Lipinski definition) is 5. The maximum absolute atomic E-state index is 12.4. The Morgan fingerprint density at radius 1 is 1.53 bits per heavy atom. The topological polar surface area (TPSA) is 79.8 Å². The second kappa shape index (κ2) is 4.71. The van der Waals surface area contributed by atoms with E-state index in [0.717, 1.165) is 18.4 Å². The Balaban J connectivity index is 1.99. The minimum Gasteiger partial charge on any atom is -0.393 e. The molecule has 0 aromatic carbocycles. The molecule has 3 rings (SSSR count). The number of ketones is 1. The molecule has 0 radical (unpaired) electrons. The lowest BCUT2D eigenvalue weighted by Crippen LogP contribution is -2.24. The standard InChI is InChI=1S/C14H13N3OS/c15-6-10-11(9-2-1-5-17-7-9)13(19-14(10)16)12(18)8-3-4-8/h1-2,5,7-8,11,13H,3-4,16H2/t11-,13+/m0/s1. The highest BCUT2D eigenvalue weighted by Crippen LogP contribution is 2.48. The van der Waals surface area contributed by atoms with Crippen molar-refractivity contribution in [1.29, 1.82) is 5.26 Å².